The van der Waals surface area contributed by atoms with Crippen LogP contribution in [0.2, 0.25) is 0 Å². The molecule has 0 saturated heterocycles. The molecule has 98 valence electrons. The first kappa shape index (κ1) is 15.8. The van der Waals surface area contributed by atoms with E-state index in [4.69, 9.17) is 14.6 Å². The highest BCUT2D eigenvalue weighted by Gasteiger charge is 2.07. The fraction of sp³-hybridized carbons (Fsp3) is 1.00. The number of aliphatic hydroxyl groups is 2. The van der Waals surface area contributed by atoms with E-state index in [-0.39, 0.29) is 12.2 Å². The second-order valence-corrected chi connectivity index (χ2v) is 4.09. The van der Waals surface area contributed by atoms with Gasteiger partial charge in [0.25, 0.3) is 0 Å². The molecular formula is C11H25NO4. The van der Waals surface area contributed by atoms with E-state index in [1.54, 1.807) is 14.0 Å². The Morgan fingerprint density at radius 1 is 1.19 bits per heavy atom. The number of ether oxygens (including phenoxy) is 2. The van der Waals surface area contributed by atoms with Gasteiger partial charge in [-0.05, 0) is 26.8 Å². The molecule has 0 saturated carbocycles. The maximum absolute atomic E-state index is 9.54. The molecular weight excluding hydrogens is 210 g/mol. The number of nitrogens with one attached hydrogen (secondary N) is 1. The van der Waals surface area contributed by atoms with Crippen molar-refractivity contribution in [3.8, 4) is 0 Å². The largest absolute Gasteiger partial charge is 0.393 e. The number of aliphatic hydroxyl groups excluding tert-OH is 2. The van der Waals surface area contributed by atoms with Crippen molar-refractivity contribution in [2.24, 2.45) is 0 Å². The third-order valence-electron chi connectivity index (χ3n) is 2.09. The van der Waals surface area contributed by atoms with Gasteiger partial charge in [0, 0.05) is 13.7 Å². The molecule has 0 aliphatic carbocycles. The van der Waals surface area contributed by atoms with E-state index in [2.05, 4.69) is 5.32 Å². The third-order valence-corrected chi connectivity index (χ3v) is 2.09. The topological polar surface area (TPSA) is 71.0 Å². The van der Waals surface area contributed by atoms with Crippen LogP contribution in [0.1, 0.15) is 20.3 Å². The van der Waals surface area contributed by atoms with Gasteiger partial charge in [-0.15, -0.1) is 0 Å². The molecule has 16 heavy (non-hydrogen) atoms. The SMILES string of the molecule is COCC(C)OCC(O)CNCCC(C)O. The summed E-state index contributed by atoms with van der Waals surface area (Å²) in [5.74, 6) is 0. The highest BCUT2D eigenvalue weighted by Crippen LogP contribution is 1.94. The van der Waals surface area contributed by atoms with Gasteiger partial charge in [-0.25, -0.2) is 0 Å². The van der Waals surface area contributed by atoms with E-state index in [1.807, 2.05) is 6.92 Å². The van der Waals surface area contributed by atoms with Gasteiger partial charge in [0.1, 0.15) is 0 Å². The van der Waals surface area contributed by atoms with Crippen LogP contribution in [0.4, 0.5) is 0 Å². The van der Waals surface area contributed by atoms with Gasteiger partial charge in [0.2, 0.25) is 0 Å². The van der Waals surface area contributed by atoms with Crippen molar-refractivity contribution in [2.45, 2.75) is 38.6 Å². The van der Waals surface area contributed by atoms with E-state index in [0.717, 1.165) is 0 Å². The summed E-state index contributed by atoms with van der Waals surface area (Å²) in [4.78, 5) is 0. The maximum atomic E-state index is 9.54. The van der Waals surface area contributed by atoms with Gasteiger partial charge in [-0.3, -0.25) is 0 Å². The minimum atomic E-state index is -0.520. The average molecular weight is 235 g/mol. The second kappa shape index (κ2) is 9.99. The van der Waals surface area contributed by atoms with Gasteiger partial charge in [-0.2, -0.15) is 0 Å². The van der Waals surface area contributed by atoms with Crippen molar-refractivity contribution >= 4 is 0 Å². The van der Waals surface area contributed by atoms with Crippen LogP contribution in [0, 0.1) is 0 Å². The van der Waals surface area contributed by atoms with E-state index in [0.29, 0.717) is 32.7 Å². The number of hydrogen-bond acceptors (Lipinski definition) is 5. The number of methoxy groups -OCH3 is 1. The Morgan fingerprint density at radius 2 is 1.88 bits per heavy atom. The normalized spacial score (nSPS) is 17.1. The van der Waals surface area contributed by atoms with E-state index in [1.165, 1.54) is 0 Å². The Kier molecular flexibility index (Phi) is 9.86. The van der Waals surface area contributed by atoms with Gasteiger partial charge < -0.3 is 25.0 Å². The molecule has 0 aromatic heterocycles. The lowest BCUT2D eigenvalue weighted by Crippen LogP contribution is -2.33. The Labute approximate surface area is 97.8 Å². The van der Waals surface area contributed by atoms with Crippen molar-refractivity contribution in [1.82, 2.24) is 5.32 Å². The van der Waals surface area contributed by atoms with Crippen LogP contribution in [0.3, 0.4) is 0 Å². The fourth-order valence-electron chi connectivity index (χ4n) is 1.20. The summed E-state index contributed by atoms with van der Waals surface area (Å²) in [6, 6.07) is 0. The molecule has 3 N–H and O–H groups in total. The zero-order chi connectivity index (χ0) is 12.4. The van der Waals surface area contributed by atoms with Crippen LogP contribution in [0.15, 0.2) is 0 Å². The summed E-state index contributed by atoms with van der Waals surface area (Å²) in [5, 5.41) is 21.6. The number of rotatable bonds is 10. The first-order valence-corrected chi connectivity index (χ1v) is 5.73. The van der Waals surface area contributed by atoms with Crippen LogP contribution in [-0.4, -0.2) is 61.9 Å². The van der Waals surface area contributed by atoms with Gasteiger partial charge >= 0.3 is 0 Å². The standard InChI is InChI=1S/C11H25NO4/c1-9(13)4-5-12-6-11(14)8-16-10(2)7-15-3/h9-14H,4-8H2,1-3H3. The molecule has 0 radical (unpaired) electrons. The lowest BCUT2D eigenvalue weighted by Gasteiger charge is -2.16. The molecule has 0 aliphatic heterocycles. The highest BCUT2D eigenvalue weighted by molar-refractivity contribution is 4.60. The first-order valence-electron chi connectivity index (χ1n) is 5.73. The zero-order valence-electron chi connectivity index (χ0n) is 10.5. The molecule has 0 spiro atoms. The number of hydrogen-bond donors (Lipinski definition) is 3. The lowest BCUT2D eigenvalue weighted by molar-refractivity contribution is -0.0311. The quantitative estimate of drug-likeness (QED) is 0.456. The minimum Gasteiger partial charge on any atom is -0.393 e. The molecule has 0 aromatic carbocycles. The van der Waals surface area contributed by atoms with Crippen molar-refractivity contribution in [1.29, 1.82) is 0 Å². The highest BCUT2D eigenvalue weighted by atomic mass is 16.5. The fourth-order valence-corrected chi connectivity index (χ4v) is 1.20. The molecule has 0 aromatic rings. The van der Waals surface area contributed by atoms with Crippen LogP contribution in [-0.2, 0) is 9.47 Å². The molecule has 0 amide bonds. The predicted molar refractivity (Wildman–Crippen MR) is 62.5 cm³/mol. The van der Waals surface area contributed by atoms with Crippen molar-refractivity contribution in [2.75, 3.05) is 33.4 Å². The van der Waals surface area contributed by atoms with E-state index in [9.17, 15) is 5.11 Å². The average Bonchev–Trinajstić information content (AvgIpc) is 2.22. The lowest BCUT2D eigenvalue weighted by atomic mass is 10.3. The van der Waals surface area contributed by atoms with Crippen LogP contribution < -0.4 is 5.32 Å². The molecule has 0 rings (SSSR count). The predicted octanol–water partition coefficient (Wildman–Crippen LogP) is -0.241. The van der Waals surface area contributed by atoms with Crippen LogP contribution in [0.25, 0.3) is 0 Å². The Morgan fingerprint density at radius 3 is 2.44 bits per heavy atom. The van der Waals surface area contributed by atoms with Crippen LogP contribution in [0.5, 0.6) is 0 Å². The second-order valence-electron chi connectivity index (χ2n) is 4.09. The summed E-state index contributed by atoms with van der Waals surface area (Å²) < 4.78 is 10.3. The molecule has 5 heteroatoms. The smallest absolute Gasteiger partial charge is 0.0897 e. The summed E-state index contributed by atoms with van der Waals surface area (Å²) in [5.41, 5.74) is 0. The van der Waals surface area contributed by atoms with Gasteiger partial charge in [0.05, 0.1) is 31.5 Å². The summed E-state index contributed by atoms with van der Waals surface area (Å²) >= 11 is 0. The van der Waals surface area contributed by atoms with Gasteiger partial charge in [-0.1, -0.05) is 0 Å². The molecule has 0 heterocycles. The third kappa shape index (κ3) is 10.3. The maximum Gasteiger partial charge on any atom is 0.0897 e. The van der Waals surface area contributed by atoms with Gasteiger partial charge in [0.15, 0.2) is 0 Å². The monoisotopic (exact) mass is 235 g/mol. The van der Waals surface area contributed by atoms with E-state index < -0.39 is 6.10 Å². The van der Waals surface area contributed by atoms with Crippen molar-refractivity contribution < 1.29 is 19.7 Å². The first-order chi connectivity index (χ1) is 7.56. The molecule has 0 bridgehead atoms. The molecule has 3 atom stereocenters. The summed E-state index contributed by atoms with van der Waals surface area (Å²) in [6.07, 6.45) is -0.138. The Bertz CT molecular complexity index is 155. The summed E-state index contributed by atoms with van der Waals surface area (Å²) in [6.45, 7) is 5.65. The Balaban J connectivity index is 3.33. The summed E-state index contributed by atoms with van der Waals surface area (Å²) in [7, 11) is 1.62. The minimum absolute atomic E-state index is 0.00267. The molecule has 3 unspecified atom stereocenters. The van der Waals surface area contributed by atoms with Crippen molar-refractivity contribution in [3.63, 3.8) is 0 Å². The van der Waals surface area contributed by atoms with Crippen LogP contribution >= 0.6 is 0 Å². The van der Waals surface area contributed by atoms with Crippen molar-refractivity contribution in [3.05, 3.63) is 0 Å². The molecule has 0 aliphatic rings. The Hall–Kier alpha value is -0.200. The zero-order valence-corrected chi connectivity index (χ0v) is 10.5. The molecule has 0 fully saturated rings. The van der Waals surface area contributed by atoms with E-state index >= 15 is 0 Å². The molecule has 5 nitrogen and oxygen atoms in total.